The number of azo groups is 2. The lowest BCUT2D eigenvalue weighted by atomic mass is 9.96. The highest BCUT2D eigenvalue weighted by Gasteiger charge is 2.26. The van der Waals surface area contributed by atoms with Gasteiger partial charge in [-0.25, -0.2) is 9.48 Å². The summed E-state index contributed by atoms with van der Waals surface area (Å²) in [5.74, 6) is 0.441. The first-order valence-corrected chi connectivity index (χ1v) is 13.5. The Kier molecular flexibility index (Phi) is 8.44. The molecule has 0 spiro atoms. The van der Waals surface area contributed by atoms with Crippen LogP contribution in [0.3, 0.4) is 0 Å². The van der Waals surface area contributed by atoms with Crippen LogP contribution in [0.25, 0.3) is 11.5 Å². The number of nitrogens with zero attached hydrogens (tertiary/aromatic N) is 6. The molecule has 1 aliphatic rings. The van der Waals surface area contributed by atoms with E-state index in [1.807, 2.05) is 13.8 Å². The van der Waals surface area contributed by atoms with Gasteiger partial charge in [0.2, 0.25) is 5.88 Å². The molecule has 4 aromatic rings. The summed E-state index contributed by atoms with van der Waals surface area (Å²) in [6.07, 6.45) is 6.92. The van der Waals surface area contributed by atoms with Gasteiger partial charge in [0.05, 0.1) is 41.5 Å². The SMILES string of the molecule is CC(C)COC(=O)c1ccc(/N=N/c2ccc(/N=N/c3c(-c4ccco4)nn(C4CCCCC4)c3O)cc2)cc1. The smallest absolute Gasteiger partial charge is 0.338 e. The Morgan fingerprint density at radius 3 is 2.12 bits per heavy atom. The summed E-state index contributed by atoms with van der Waals surface area (Å²) in [7, 11) is 0. The van der Waals surface area contributed by atoms with Gasteiger partial charge in [0.25, 0.3) is 0 Å². The lowest BCUT2D eigenvalue weighted by Crippen LogP contribution is -2.13. The Bertz CT molecular complexity index is 1470. The fourth-order valence-corrected chi connectivity index (χ4v) is 4.47. The molecule has 5 rings (SSSR count). The minimum atomic E-state index is -0.354. The van der Waals surface area contributed by atoms with E-state index < -0.39 is 0 Å². The van der Waals surface area contributed by atoms with Crippen LogP contribution in [0, 0.1) is 5.92 Å². The topological polar surface area (TPSA) is 127 Å². The van der Waals surface area contributed by atoms with Gasteiger partial charge in [0.1, 0.15) is 0 Å². The number of benzene rings is 2. The second-order valence-electron chi connectivity index (χ2n) is 10.2. The number of rotatable bonds is 9. The summed E-state index contributed by atoms with van der Waals surface area (Å²) < 4.78 is 12.5. The van der Waals surface area contributed by atoms with Crippen LogP contribution in [0.15, 0.2) is 91.8 Å². The lowest BCUT2D eigenvalue weighted by Gasteiger charge is -2.22. The molecule has 10 nitrogen and oxygen atoms in total. The van der Waals surface area contributed by atoms with Gasteiger partial charge < -0.3 is 14.3 Å². The fraction of sp³-hybridized carbons (Fsp3) is 0.333. The summed E-state index contributed by atoms with van der Waals surface area (Å²) in [4.78, 5) is 12.1. The van der Waals surface area contributed by atoms with Crippen molar-refractivity contribution in [2.45, 2.75) is 52.0 Å². The number of furan rings is 1. The molecular formula is C30H32N6O4. The zero-order valence-electron chi connectivity index (χ0n) is 22.6. The normalized spacial score (nSPS) is 14.5. The standard InChI is InChI=1S/C30H32N6O4/c1-20(2)19-40-30(38)21-10-12-22(13-11-21)31-32-23-14-16-24(17-15-23)33-34-28-27(26-9-6-18-39-26)35-36(29(28)37)25-7-4-3-5-8-25/h6,9-18,20,25,37H,3-5,7-8,19H2,1-2H3/b32-31+,34-33+. The summed E-state index contributed by atoms with van der Waals surface area (Å²) in [5, 5.41) is 32.8. The molecule has 0 amide bonds. The number of hydrogen-bond acceptors (Lipinski definition) is 9. The second kappa shape index (κ2) is 12.5. The van der Waals surface area contributed by atoms with Crippen molar-refractivity contribution in [2.75, 3.05) is 6.61 Å². The number of ether oxygens (including phenoxy) is 1. The van der Waals surface area contributed by atoms with Crippen molar-refractivity contribution in [3.8, 4) is 17.3 Å². The molecule has 0 atom stereocenters. The summed E-state index contributed by atoms with van der Waals surface area (Å²) in [6.45, 7) is 4.36. The van der Waals surface area contributed by atoms with Crippen molar-refractivity contribution in [3.63, 3.8) is 0 Å². The van der Waals surface area contributed by atoms with Crippen LogP contribution < -0.4 is 0 Å². The van der Waals surface area contributed by atoms with E-state index in [-0.39, 0.29) is 29.5 Å². The third kappa shape index (κ3) is 6.51. The molecular weight excluding hydrogens is 508 g/mol. The number of hydrogen-bond donors (Lipinski definition) is 1. The Morgan fingerprint density at radius 1 is 0.950 bits per heavy atom. The average molecular weight is 541 g/mol. The maximum Gasteiger partial charge on any atom is 0.338 e. The molecule has 2 aromatic heterocycles. The van der Waals surface area contributed by atoms with E-state index in [1.165, 1.54) is 6.42 Å². The van der Waals surface area contributed by atoms with Gasteiger partial charge in [-0.1, -0.05) is 33.1 Å². The molecule has 2 heterocycles. The number of esters is 1. The first-order chi connectivity index (χ1) is 19.5. The van der Waals surface area contributed by atoms with E-state index in [4.69, 9.17) is 9.15 Å². The molecule has 1 aliphatic carbocycles. The predicted molar refractivity (Wildman–Crippen MR) is 150 cm³/mol. The van der Waals surface area contributed by atoms with Crippen LogP contribution in [0.5, 0.6) is 5.88 Å². The van der Waals surface area contributed by atoms with Crippen molar-refractivity contribution in [1.82, 2.24) is 9.78 Å². The van der Waals surface area contributed by atoms with Gasteiger partial charge in [0.15, 0.2) is 17.1 Å². The van der Waals surface area contributed by atoms with Crippen LogP contribution in [0.2, 0.25) is 0 Å². The van der Waals surface area contributed by atoms with E-state index in [1.54, 1.807) is 71.6 Å². The molecule has 2 aromatic carbocycles. The van der Waals surface area contributed by atoms with Gasteiger partial charge in [-0.05, 0) is 79.4 Å². The highest BCUT2D eigenvalue weighted by atomic mass is 16.5. The van der Waals surface area contributed by atoms with Crippen LogP contribution in [-0.4, -0.2) is 27.5 Å². The van der Waals surface area contributed by atoms with Crippen LogP contribution in [0.1, 0.15) is 62.4 Å². The second-order valence-corrected chi connectivity index (χ2v) is 10.2. The maximum atomic E-state index is 12.1. The maximum absolute atomic E-state index is 12.1. The monoisotopic (exact) mass is 540 g/mol. The number of carbonyl (C=O) groups is 1. The molecule has 0 unspecified atom stereocenters. The summed E-state index contributed by atoms with van der Waals surface area (Å²) >= 11 is 0. The van der Waals surface area contributed by atoms with Crippen molar-refractivity contribution in [2.24, 2.45) is 26.4 Å². The van der Waals surface area contributed by atoms with Crippen LogP contribution in [0.4, 0.5) is 22.7 Å². The van der Waals surface area contributed by atoms with Crippen molar-refractivity contribution >= 4 is 28.7 Å². The number of carbonyl (C=O) groups excluding carboxylic acids is 1. The highest BCUT2D eigenvalue weighted by Crippen LogP contribution is 2.42. The molecule has 10 heteroatoms. The van der Waals surface area contributed by atoms with Gasteiger partial charge in [-0.15, -0.1) is 5.11 Å². The van der Waals surface area contributed by atoms with E-state index in [2.05, 4.69) is 25.6 Å². The third-order valence-corrected chi connectivity index (χ3v) is 6.58. The number of aromatic nitrogens is 2. The Balaban J connectivity index is 1.27. The number of aromatic hydroxyl groups is 1. The third-order valence-electron chi connectivity index (χ3n) is 6.58. The Morgan fingerprint density at radius 2 is 1.55 bits per heavy atom. The summed E-state index contributed by atoms with van der Waals surface area (Å²) in [6, 6.07) is 17.5. The average Bonchev–Trinajstić information content (AvgIpc) is 3.63. The largest absolute Gasteiger partial charge is 0.492 e. The zero-order valence-corrected chi connectivity index (χ0v) is 22.6. The Hall–Kier alpha value is -4.60. The minimum absolute atomic E-state index is 0.00771. The van der Waals surface area contributed by atoms with Gasteiger partial charge in [-0.2, -0.15) is 20.4 Å². The van der Waals surface area contributed by atoms with E-state index in [0.29, 0.717) is 40.7 Å². The van der Waals surface area contributed by atoms with Crippen LogP contribution in [-0.2, 0) is 4.74 Å². The van der Waals surface area contributed by atoms with E-state index in [9.17, 15) is 9.90 Å². The van der Waals surface area contributed by atoms with Gasteiger partial charge >= 0.3 is 5.97 Å². The fourth-order valence-electron chi connectivity index (χ4n) is 4.47. The highest BCUT2D eigenvalue weighted by molar-refractivity contribution is 5.89. The van der Waals surface area contributed by atoms with Crippen molar-refractivity contribution in [1.29, 1.82) is 0 Å². The van der Waals surface area contributed by atoms with Crippen LogP contribution >= 0.6 is 0 Å². The van der Waals surface area contributed by atoms with Gasteiger partial charge in [0, 0.05) is 0 Å². The zero-order chi connectivity index (χ0) is 27.9. The molecule has 0 radical (unpaired) electrons. The predicted octanol–water partition coefficient (Wildman–Crippen LogP) is 9.00. The molecule has 206 valence electrons. The summed E-state index contributed by atoms with van der Waals surface area (Å²) in [5.41, 5.74) is 3.03. The molecule has 0 bridgehead atoms. The molecule has 40 heavy (non-hydrogen) atoms. The first-order valence-electron chi connectivity index (χ1n) is 13.5. The molecule has 1 saturated carbocycles. The van der Waals surface area contributed by atoms with E-state index in [0.717, 1.165) is 25.7 Å². The lowest BCUT2D eigenvalue weighted by molar-refractivity contribution is 0.0459. The van der Waals surface area contributed by atoms with Crippen molar-refractivity contribution < 1.29 is 19.1 Å². The minimum Gasteiger partial charge on any atom is -0.492 e. The van der Waals surface area contributed by atoms with E-state index >= 15 is 0 Å². The molecule has 1 N–H and O–H groups in total. The quantitative estimate of drug-likeness (QED) is 0.167. The van der Waals surface area contributed by atoms with Crippen molar-refractivity contribution in [3.05, 3.63) is 72.5 Å². The first kappa shape index (κ1) is 27.0. The Labute approximate surface area is 232 Å². The molecule has 1 fully saturated rings. The molecule has 0 aliphatic heterocycles. The molecule has 0 saturated heterocycles. The van der Waals surface area contributed by atoms with Gasteiger partial charge in [-0.3, -0.25) is 0 Å².